The molecule has 10 heteroatoms. The monoisotopic (exact) mass is 529 g/mol. The standard InChI is InChI=1S/C28H27N5O4S/c29-38(36)25-12-6-9-20-26(25)22(31-38)17-23(27(20)34)30-21-10-4-5-11-24(21)32-13-15-33(16-14-32)28(35)37-18-19-7-2-1-3-8-19/h1-12,17,30,38H,13-16,18H2,(H2,29,36). The quantitative estimate of drug-likeness (QED) is 0.437. The third-order valence-corrected chi connectivity index (χ3v) is 8.50. The van der Waals surface area contributed by atoms with Crippen LogP contribution in [0.5, 0.6) is 0 Å². The number of allylic oxidation sites excluding steroid dienone is 2. The number of para-hydroxylation sites is 2. The summed E-state index contributed by atoms with van der Waals surface area (Å²) in [6, 6.07) is 22.4. The van der Waals surface area contributed by atoms with E-state index in [0.717, 1.165) is 16.9 Å². The maximum absolute atomic E-state index is 13.3. The summed E-state index contributed by atoms with van der Waals surface area (Å²) in [6.45, 7) is 2.50. The Labute approximate surface area is 221 Å². The lowest BCUT2D eigenvalue weighted by Gasteiger charge is -2.36. The lowest BCUT2D eigenvalue weighted by atomic mass is 9.92. The number of benzene rings is 3. The first kappa shape index (κ1) is 24.1. The average Bonchev–Trinajstić information content (AvgIpc) is 3.21. The fraction of sp³-hybridized carbons (Fsp3) is 0.179. The number of ether oxygens (including phenoxy) is 1. The smallest absolute Gasteiger partial charge is 0.410 e. The summed E-state index contributed by atoms with van der Waals surface area (Å²) in [7, 11) is -3.38. The van der Waals surface area contributed by atoms with Gasteiger partial charge < -0.3 is 19.9 Å². The highest BCUT2D eigenvalue weighted by Gasteiger charge is 2.35. The molecule has 194 valence electrons. The topological polar surface area (TPSA) is 117 Å². The SMILES string of the molecule is N[SH]1(=O)N=C2C=C(Nc3ccccc3N3CCN(C(=O)OCc4ccccc4)CC3)C(=O)c3cccc1c32. The van der Waals surface area contributed by atoms with Gasteiger partial charge in [0.1, 0.15) is 6.61 Å². The highest BCUT2D eigenvalue weighted by atomic mass is 32.3. The third kappa shape index (κ3) is 4.37. The van der Waals surface area contributed by atoms with Crippen LogP contribution in [0, 0.1) is 0 Å². The number of hydrogen-bond donors (Lipinski definition) is 3. The van der Waals surface area contributed by atoms with Gasteiger partial charge in [0.2, 0.25) is 5.78 Å². The van der Waals surface area contributed by atoms with E-state index in [1.165, 1.54) is 0 Å². The Balaban J connectivity index is 1.16. The molecule has 0 saturated carbocycles. The van der Waals surface area contributed by atoms with Gasteiger partial charge in [0, 0.05) is 47.6 Å². The van der Waals surface area contributed by atoms with Crippen molar-refractivity contribution in [1.82, 2.24) is 4.90 Å². The molecule has 3 aromatic carbocycles. The van der Waals surface area contributed by atoms with Crippen molar-refractivity contribution in [2.24, 2.45) is 9.54 Å². The normalized spacial score (nSPS) is 18.3. The van der Waals surface area contributed by atoms with E-state index in [1.807, 2.05) is 54.6 Å². The first-order valence-corrected chi connectivity index (χ1v) is 14.1. The maximum Gasteiger partial charge on any atom is 0.410 e. The van der Waals surface area contributed by atoms with Crippen molar-refractivity contribution in [3.05, 3.63) is 101 Å². The summed E-state index contributed by atoms with van der Waals surface area (Å²) >= 11 is 0. The zero-order valence-electron chi connectivity index (χ0n) is 20.5. The lowest BCUT2D eigenvalue weighted by molar-refractivity contribution is 0.0941. The molecule has 2 aliphatic heterocycles. The number of ketones is 1. The van der Waals surface area contributed by atoms with Crippen molar-refractivity contribution in [3.63, 3.8) is 0 Å². The Morgan fingerprint density at radius 2 is 1.71 bits per heavy atom. The molecule has 1 fully saturated rings. The Hall–Kier alpha value is -4.28. The predicted molar refractivity (Wildman–Crippen MR) is 148 cm³/mol. The molecule has 1 saturated heterocycles. The van der Waals surface area contributed by atoms with Crippen LogP contribution in [0.1, 0.15) is 21.5 Å². The van der Waals surface area contributed by atoms with Crippen LogP contribution in [-0.2, 0) is 21.6 Å². The molecule has 3 aromatic rings. The van der Waals surface area contributed by atoms with Gasteiger partial charge in [0.05, 0.1) is 27.7 Å². The van der Waals surface area contributed by atoms with E-state index in [4.69, 9.17) is 9.88 Å². The first-order valence-electron chi connectivity index (χ1n) is 12.4. The highest BCUT2D eigenvalue weighted by molar-refractivity contribution is 8.00. The molecule has 2 heterocycles. The van der Waals surface area contributed by atoms with E-state index in [0.29, 0.717) is 53.6 Å². The van der Waals surface area contributed by atoms with Crippen LogP contribution >= 0.6 is 0 Å². The maximum atomic E-state index is 13.3. The molecule has 9 nitrogen and oxygen atoms in total. The minimum Gasteiger partial charge on any atom is -0.445 e. The summed E-state index contributed by atoms with van der Waals surface area (Å²) in [5.41, 5.74) is 4.42. The molecule has 0 bridgehead atoms. The molecular weight excluding hydrogens is 502 g/mol. The zero-order valence-corrected chi connectivity index (χ0v) is 21.4. The van der Waals surface area contributed by atoms with Crippen LogP contribution in [-0.4, -0.2) is 52.9 Å². The van der Waals surface area contributed by atoms with Crippen LogP contribution in [0.25, 0.3) is 0 Å². The number of piperazine rings is 1. The molecule has 0 aromatic heterocycles. The van der Waals surface area contributed by atoms with Crippen LogP contribution < -0.4 is 15.4 Å². The molecule has 3 N–H and O–H groups in total. The number of carbonyl (C=O) groups is 2. The van der Waals surface area contributed by atoms with E-state index >= 15 is 0 Å². The third-order valence-electron chi connectivity index (χ3n) is 6.93. The molecule has 0 radical (unpaired) electrons. The van der Waals surface area contributed by atoms with Crippen LogP contribution in [0.3, 0.4) is 0 Å². The summed E-state index contributed by atoms with van der Waals surface area (Å²) in [5, 5.41) is 9.24. The number of carbonyl (C=O) groups excluding carboxylic acids is 2. The Morgan fingerprint density at radius 3 is 2.50 bits per heavy atom. The van der Waals surface area contributed by atoms with Crippen molar-refractivity contribution < 1.29 is 18.5 Å². The lowest BCUT2D eigenvalue weighted by Crippen LogP contribution is -2.49. The molecule has 1 aliphatic carbocycles. The summed E-state index contributed by atoms with van der Waals surface area (Å²) in [4.78, 5) is 30.2. The van der Waals surface area contributed by atoms with Gasteiger partial charge in [0.15, 0.2) is 0 Å². The van der Waals surface area contributed by atoms with Gasteiger partial charge in [0.25, 0.3) is 0 Å². The Morgan fingerprint density at radius 1 is 0.974 bits per heavy atom. The van der Waals surface area contributed by atoms with Gasteiger partial charge >= 0.3 is 6.09 Å². The fourth-order valence-corrected chi connectivity index (χ4v) is 6.45. The number of hydrogen-bond acceptors (Lipinski definition) is 6. The fourth-order valence-electron chi connectivity index (χ4n) is 5.01. The van der Waals surface area contributed by atoms with Crippen molar-refractivity contribution in [3.8, 4) is 0 Å². The van der Waals surface area contributed by atoms with E-state index in [1.54, 1.807) is 29.2 Å². The van der Waals surface area contributed by atoms with Gasteiger partial charge in [-0.2, -0.15) is 4.40 Å². The van der Waals surface area contributed by atoms with Crippen molar-refractivity contribution in [2.75, 3.05) is 36.4 Å². The minimum absolute atomic E-state index is 0.205. The number of nitrogens with two attached hydrogens (primary N) is 1. The molecule has 6 rings (SSSR count). The van der Waals surface area contributed by atoms with Crippen molar-refractivity contribution in [2.45, 2.75) is 11.5 Å². The van der Waals surface area contributed by atoms with Gasteiger partial charge in [-0.3, -0.25) is 9.93 Å². The second-order valence-electron chi connectivity index (χ2n) is 9.35. The van der Waals surface area contributed by atoms with E-state index in [-0.39, 0.29) is 18.5 Å². The second kappa shape index (κ2) is 9.55. The molecule has 0 atom stereocenters. The average molecular weight is 530 g/mol. The largest absolute Gasteiger partial charge is 0.445 e. The zero-order chi connectivity index (χ0) is 26.3. The number of Topliss-reactive ketones (excluding diaryl/α,β-unsaturated/α-hetero) is 1. The predicted octanol–water partition coefficient (Wildman–Crippen LogP) is 3.30. The van der Waals surface area contributed by atoms with Crippen LogP contribution in [0.15, 0.2) is 93.9 Å². The molecule has 0 spiro atoms. The number of thiol groups is 1. The van der Waals surface area contributed by atoms with Gasteiger partial charge in [-0.05, 0) is 29.8 Å². The van der Waals surface area contributed by atoms with Crippen molar-refractivity contribution in [1.29, 1.82) is 0 Å². The molecule has 1 amide bonds. The Bertz CT molecular complexity index is 1540. The highest BCUT2D eigenvalue weighted by Crippen LogP contribution is 2.36. The number of rotatable bonds is 5. The number of anilines is 2. The number of amides is 1. The second-order valence-corrected chi connectivity index (χ2v) is 11.3. The van der Waals surface area contributed by atoms with E-state index < -0.39 is 10.3 Å². The molecule has 3 aliphatic rings. The van der Waals surface area contributed by atoms with E-state index in [2.05, 4.69) is 14.6 Å². The first-order chi connectivity index (χ1) is 18.4. The number of nitrogens with zero attached hydrogens (tertiary/aromatic N) is 3. The van der Waals surface area contributed by atoms with E-state index in [9.17, 15) is 13.8 Å². The van der Waals surface area contributed by atoms with Crippen LogP contribution in [0.2, 0.25) is 0 Å². The summed E-state index contributed by atoms with van der Waals surface area (Å²) in [5.74, 6) is -0.205. The van der Waals surface area contributed by atoms with Gasteiger partial charge in [-0.15, -0.1) is 0 Å². The van der Waals surface area contributed by atoms with Gasteiger partial charge in [-0.25, -0.2) is 9.00 Å². The molecular formula is C28H27N5O4S. The van der Waals surface area contributed by atoms with Gasteiger partial charge in [-0.1, -0.05) is 54.6 Å². The Kier molecular flexibility index (Phi) is 6.05. The summed E-state index contributed by atoms with van der Waals surface area (Å²) in [6.07, 6.45) is 1.29. The summed E-state index contributed by atoms with van der Waals surface area (Å²) < 4.78 is 22.5. The number of nitrogens with one attached hydrogen (secondary N) is 1. The van der Waals surface area contributed by atoms with Crippen LogP contribution in [0.4, 0.5) is 16.2 Å². The van der Waals surface area contributed by atoms with Crippen molar-refractivity contribution >= 4 is 39.3 Å². The molecule has 0 unspecified atom stereocenters. The molecule has 38 heavy (non-hydrogen) atoms. The minimum atomic E-state index is -3.38.